The van der Waals surface area contributed by atoms with Crippen LogP contribution in [0.4, 0.5) is 17.5 Å². The number of nitrogens with zero attached hydrogens (tertiary/aromatic N) is 2. The molecule has 1 heterocycles. The zero-order valence-corrected chi connectivity index (χ0v) is 13.9. The van der Waals surface area contributed by atoms with Crippen LogP contribution < -0.4 is 10.6 Å². The van der Waals surface area contributed by atoms with Crippen LogP contribution in [0.3, 0.4) is 0 Å². The molecule has 4 nitrogen and oxygen atoms in total. The maximum atomic E-state index is 6.01. The minimum absolute atomic E-state index is 0.516. The summed E-state index contributed by atoms with van der Waals surface area (Å²) in [6.07, 6.45) is 4.98. The molecule has 1 saturated carbocycles. The van der Waals surface area contributed by atoms with E-state index in [4.69, 9.17) is 23.2 Å². The molecule has 0 atom stereocenters. The molecule has 2 aromatic rings. The highest BCUT2D eigenvalue weighted by Gasteiger charge is 2.15. The predicted octanol–water partition coefficient (Wildman–Crippen LogP) is 5.19. The normalized spacial score (nSPS) is 15.0. The maximum absolute atomic E-state index is 6.01. The molecule has 0 aliphatic heterocycles. The minimum atomic E-state index is 0.516. The Morgan fingerprint density at radius 2 is 1.68 bits per heavy atom. The molecular formula is C16H18Cl2N4. The van der Waals surface area contributed by atoms with Gasteiger partial charge in [-0.15, -0.1) is 0 Å². The summed E-state index contributed by atoms with van der Waals surface area (Å²) in [5, 5.41) is 7.80. The summed E-state index contributed by atoms with van der Waals surface area (Å²) >= 11 is 12.0. The van der Waals surface area contributed by atoms with E-state index >= 15 is 0 Å². The van der Waals surface area contributed by atoms with Crippen molar-refractivity contribution in [3.63, 3.8) is 0 Å². The van der Waals surface area contributed by atoms with E-state index in [-0.39, 0.29) is 0 Å². The summed E-state index contributed by atoms with van der Waals surface area (Å²) in [5.41, 5.74) is 1.68. The molecule has 1 aromatic heterocycles. The van der Waals surface area contributed by atoms with Crippen molar-refractivity contribution in [3.05, 3.63) is 40.0 Å². The fourth-order valence-corrected chi connectivity index (χ4v) is 3.26. The van der Waals surface area contributed by atoms with Gasteiger partial charge in [-0.2, -0.15) is 4.98 Å². The number of aromatic nitrogens is 2. The van der Waals surface area contributed by atoms with E-state index < -0.39 is 0 Å². The van der Waals surface area contributed by atoms with Gasteiger partial charge in [0.2, 0.25) is 5.95 Å². The SMILES string of the molecule is Cc1cc(NC2CCCC2)nc(Nc2cc(Cl)cc(Cl)c2)n1. The van der Waals surface area contributed by atoms with Crippen LogP contribution in [0.5, 0.6) is 0 Å². The molecule has 2 N–H and O–H groups in total. The molecule has 1 fully saturated rings. The highest BCUT2D eigenvalue weighted by atomic mass is 35.5. The largest absolute Gasteiger partial charge is 0.367 e. The number of benzene rings is 1. The van der Waals surface area contributed by atoms with Crippen LogP contribution in [0.2, 0.25) is 10.0 Å². The molecule has 1 aliphatic carbocycles. The zero-order valence-electron chi connectivity index (χ0n) is 12.4. The second-order valence-electron chi connectivity index (χ2n) is 5.63. The first-order valence-electron chi connectivity index (χ1n) is 7.44. The summed E-state index contributed by atoms with van der Waals surface area (Å²) in [7, 11) is 0. The van der Waals surface area contributed by atoms with Gasteiger partial charge in [-0.3, -0.25) is 0 Å². The monoisotopic (exact) mass is 336 g/mol. The Morgan fingerprint density at radius 1 is 1.00 bits per heavy atom. The van der Waals surface area contributed by atoms with Gasteiger partial charge in [-0.25, -0.2) is 4.98 Å². The first-order valence-corrected chi connectivity index (χ1v) is 8.19. The number of rotatable bonds is 4. The predicted molar refractivity (Wildman–Crippen MR) is 92.4 cm³/mol. The van der Waals surface area contributed by atoms with E-state index in [1.54, 1.807) is 18.2 Å². The van der Waals surface area contributed by atoms with Crippen LogP contribution in [0.15, 0.2) is 24.3 Å². The van der Waals surface area contributed by atoms with Gasteiger partial charge in [0.15, 0.2) is 0 Å². The van der Waals surface area contributed by atoms with Gasteiger partial charge < -0.3 is 10.6 Å². The molecule has 0 amide bonds. The molecule has 6 heteroatoms. The number of anilines is 3. The fraction of sp³-hybridized carbons (Fsp3) is 0.375. The lowest BCUT2D eigenvalue weighted by atomic mass is 10.2. The smallest absolute Gasteiger partial charge is 0.229 e. The summed E-state index contributed by atoms with van der Waals surface area (Å²) in [6, 6.07) is 7.77. The van der Waals surface area contributed by atoms with Crippen molar-refractivity contribution < 1.29 is 0 Å². The first-order chi connectivity index (χ1) is 10.6. The first kappa shape index (κ1) is 15.4. The fourth-order valence-electron chi connectivity index (χ4n) is 2.73. The van der Waals surface area contributed by atoms with Crippen molar-refractivity contribution in [3.8, 4) is 0 Å². The van der Waals surface area contributed by atoms with E-state index in [1.807, 2.05) is 13.0 Å². The van der Waals surface area contributed by atoms with Crippen molar-refractivity contribution in [1.82, 2.24) is 9.97 Å². The lowest BCUT2D eigenvalue weighted by Gasteiger charge is -2.14. The van der Waals surface area contributed by atoms with Gasteiger partial charge in [0, 0.05) is 33.5 Å². The Balaban J connectivity index is 1.79. The quantitative estimate of drug-likeness (QED) is 0.806. The summed E-state index contributed by atoms with van der Waals surface area (Å²) in [5.74, 6) is 1.40. The van der Waals surface area contributed by atoms with E-state index in [0.717, 1.165) is 17.2 Å². The van der Waals surface area contributed by atoms with Crippen molar-refractivity contribution in [2.75, 3.05) is 10.6 Å². The van der Waals surface area contributed by atoms with Crippen LogP contribution >= 0.6 is 23.2 Å². The highest BCUT2D eigenvalue weighted by Crippen LogP contribution is 2.26. The van der Waals surface area contributed by atoms with Crippen molar-refractivity contribution in [2.24, 2.45) is 0 Å². The number of hydrogen-bond acceptors (Lipinski definition) is 4. The van der Waals surface area contributed by atoms with Crippen LogP contribution in [0, 0.1) is 6.92 Å². The van der Waals surface area contributed by atoms with E-state index in [0.29, 0.717) is 22.0 Å². The lowest BCUT2D eigenvalue weighted by Crippen LogP contribution is -2.16. The number of aryl methyl sites for hydroxylation is 1. The Bertz CT molecular complexity index is 649. The molecule has 1 aliphatic rings. The molecule has 3 rings (SSSR count). The van der Waals surface area contributed by atoms with Gasteiger partial charge in [0.05, 0.1) is 0 Å². The Hall–Kier alpha value is -1.52. The average molecular weight is 337 g/mol. The van der Waals surface area contributed by atoms with Gasteiger partial charge >= 0.3 is 0 Å². The van der Waals surface area contributed by atoms with Crippen LogP contribution in [0.25, 0.3) is 0 Å². The van der Waals surface area contributed by atoms with Gasteiger partial charge in [-0.1, -0.05) is 36.0 Å². The van der Waals surface area contributed by atoms with Crippen molar-refractivity contribution >= 4 is 40.7 Å². The van der Waals surface area contributed by atoms with Gasteiger partial charge in [0.25, 0.3) is 0 Å². The number of nitrogens with one attached hydrogen (secondary N) is 2. The highest BCUT2D eigenvalue weighted by molar-refractivity contribution is 6.35. The Labute approximate surface area is 140 Å². The second-order valence-corrected chi connectivity index (χ2v) is 6.50. The van der Waals surface area contributed by atoms with E-state index in [2.05, 4.69) is 20.6 Å². The summed E-state index contributed by atoms with van der Waals surface area (Å²) in [4.78, 5) is 8.95. The Morgan fingerprint density at radius 3 is 2.36 bits per heavy atom. The summed E-state index contributed by atoms with van der Waals surface area (Å²) < 4.78 is 0. The standard InChI is InChI=1S/C16H18Cl2N4/c1-10-6-15(20-13-4-2-3-5-13)22-16(19-10)21-14-8-11(17)7-12(18)9-14/h6-9,13H,2-5H2,1H3,(H2,19,20,21,22). The molecule has 0 unspecified atom stereocenters. The third-order valence-corrected chi connectivity index (χ3v) is 4.12. The third-order valence-electron chi connectivity index (χ3n) is 3.68. The van der Waals surface area contributed by atoms with Crippen molar-refractivity contribution in [2.45, 2.75) is 38.6 Å². The van der Waals surface area contributed by atoms with Crippen LogP contribution in [0.1, 0.15) is 31.4 Å². The summed E-state index contributed by atoms with van der Waals surface area (Å²) in [6.45, 7) is 1.96. The minimum Gasteiger partial charge on any atom is -0.367 e. The second kappa shape index (κ2) is 6.71. The van der Waals surface area contributed by atoms with Crippen molar-refractivity contribution in [1.29, 1.82) is 0 Å². The average Bonchev–Trinajstić information content (AvgIpc) is 2.89. The van der Waals surface area contributed by atoms with E-state index in [9.17, 15) is 0 Å². The molecule has 0 bridgehead atoms. The molecular weight excluding hydrogens is 319 g/mol. The lowest BCUT2D eigenvalue weighted by molar-refractivity contribution is 0.749. The molecule has 0 saturated heterocycles. The molecule has 116 valence electrons. The topological polar surface area (TPSA) is 49.8 Å². The van der Waals surface area contributed by atoms with Crippen LogP contribution in [-0.2, 0) is 0 Å². The molecule has 1 aromatic carbocycles. The number of halogens is 2. The zero-order chi connectivity index (χ0) is 15.5. The van der Waals surface area contributed by atoms with Gasteiger partial charge in [-0.05, 0) is 38.0 Å². The maximum Gasteiger partial charge on any atom is 0.229 e. The molecule has 0 spiro atoms. The van der Waals surface area contributed by atoms with Gasteiger partial charge in [0.1, 0.15) is 5.82 Å². The molecule has 0 radical (unpaired) electrons. The third kappa shape index (κ3) is 4.02. The van der Waals surface area contributed by atoms with Crippen LogP contribution in [-0.4, -0.2) is 16.0 Å². The Kier molecular flexibility index (Phi) is 4.69. The van der Waals surface area contributed by atoms with E-state index in [1.165, 1.54) is 25.7 Å². The molecule has 22 heavy (non-hydrogen) atoms. The number of hydrogen-bond donors (Lipinski definition) is 2.